The fourth-order valence-corrected chi connectivity index (χ4v) is 6.45. The lowest BCUT2D eigenvalue weighted by molar-refractivity contribution is 0.0600. The van der Waals surface area contributed by atoms with Gasteiger partial charge in [0, 0.05) is 15.8 Å². The van der Waals surface area contributed by atoms with Gasteiger partial charge >= 0.3 is 5.97 Å². The van der Waals surface area contributed by atoms with Crippen LogP contribution in [0.3, 0.4) is 0 Å². The number of thiophene rings is 1. The molecule has 2 heterocycles. The highest BCUT2D eigenvalue weighted by Crippen LogP contribution is 2.44. The summed E-state index contributed by atoms with van der Waals surface area (Å²) in [6, 6.07) is 17.6. The first-order valence-corrected chi connectivity index (χ1v) is 13.5. The van der Waals surface area contributed by atoms with Crippen LogP contribution in [0.1, 0.15) is 63.9 Å². The van der Waals surface area contributed by atoms with Gasteiger partial charge in [-0.15, -0.1) is 11.3 Å². The summed E-state index contributed by atoms with van der Waals surface area (Å²) in [5, 5.41) is 4.42. The molecule has 1 aliphatic carbocycles. The molecule has 2 aromatic heterocycles. The van der Waals surface area contributed by atoms with Crippen molar-refractivity contribution < 1.29 is 14.3 Å². The van der Waals surface area contributed by atoms with Gasteiger partial charge < -0.3 is 10.1 Å². The lowest BCUT2D eigenvalue weighted by Gasteiger charge is -2.33. The van der Waals surface area contributed by atoms with Crippen molar-refractivity contribution >= 4 is 39.1 Å². The number of nitrogens with one attached hydrogen (secondary N) is 1. The van der Waals surface area contributed by atoms with Gasteiger partial charge in [0.15, 0.2) is 0 Å². The summed E-state index contributed by atoms with van der Waals surface area (Å²) in [4.78, 5) is 32.6. The van der Waals surface area contributed by atoms with Gasteiger partial charge in [0.05, 0.1) is 29.4 Å². The third-order valence-electron chi connectivity index (χ3n) is 7.41. The number of benzene rings is 2. The van der Waals surface area contributed by atoms with E-state index in [1.54, 1.807) is 0 Å². The number of aromatic nitrogens is 1. The van der Waals surface area contributed by atoms with E-state index in [-0.39, 0.29) is 11.3 Å². The highest BCUT2D eigenvalue weighted by atomic mass is 32.1. The zero-order valence-electron chi connectivity index (χ0n) is 22.0. The van der Waals surface area contributed by atoms with Crippen molar-refractivity contribution in [1.29, 1.82) is 0 Å². The second kappa shape index (κ2) is 9.75. The number of hydrogen-bond acceptors (Lipinski definition) is 5. The third-order valence-corrected chi connectivity index (χ3v) is 8.58. The molecule has 1 N–H and O–H groups in total. The summed E-state index contributed by atoms with van der Waals surface area (Å²) < 4.78 is 5.15. The molecule has 5 nitrogen and oxygen atoms in total. The third kappa shape index (κ3) is 4.90. The highest BCUT2D eigenvalue weighted by molar-refractivity contribution is 7.17. The molecule has 1 aliphatic rings. The first-order chi connectivity index (χ1) is 17.7. The zero-order chi connectivity index (χ0) is 26.3. The molecule has 0 fully saturated rings. The average Bonchev–Trinajstić information content (AvgIpc) is 3.24. The molecule has 4 aromatic rings. The van der Waals surface area contributed by atoms with Crippen LogP contribution in [-0.2, 0) is 17.6 Å². The van der Waals surface area contributed by atoms with Crippen molar-refractivity contribution in [1.82, 2.24) is 4.98 Å². The van der Waals surface area contributed by atoms with E-state index in [4.69, 9.17) is 9.72 Å². The van der Waals surface area contributed by atoms with Crippen LogP contribution >= 0.6 is 11.3 Å². The van der Waals surface area contributed by atoms with Gasteiger partial charge in [-0.1, -0.05) is 68.8 Å². The number of carbonyl (C=O) groups excluding carboxylic acids is 2. The fourth-order valence-electron chi connectivity index (χ4n) is 5.14. The molecule has 0 saturated carbocycles. The molecule has 190 valence electrons. The van der Waals surface area contributed by atoms with E-state index in [0.29, 0.717) is 22.0 Å². The maximum atomic E-state index is 13.8. The first-order valence-electron chi connectivity index (χ1n) is 12.7. The zero-order valence-corrected chi connectivity index (χ0v) is 22.8. The molecule has 0 bridgehead atoms. The summed E-state index contributed by atoms with van der Waals surface area (Å²) in [5.74, 6) is -0.140. The monoisotopic (exact) mass is 512 g/mol. The number of amides is 1. The molecule has 0 radical (unpaired) electrons. The Bertz CT molecular complexity index is 1500. The Morgan fingerprint density at radius 3 is 2.51 bits per heavy atom. The quantitative estimate of drug-likeness (QED) is 0.288. The first kappa shape index (κ1) is 25.2. The van der Waals surface area contributed by atoms with E-state index in [9.17, 15) is 9.59 Å². The molecule has 0 unspecified atom stereocenters. The van der Waals surface area contributed by atoms with Gasteiger partial charge in [0.1, 0.15) is 5.00 Å². The van der Waals surface area contributed by atoms with E-state index in [1.807, 2.05) is 61.5 Å². The molecule has 0 aliphatic heterocycles. The van der Waals surface area contributed by atoms with Gasteiger partial charge in [-0.3, -0.25) is 4.79 Å². The van der Waals surface area contributed by atoms with Crippen molar-refractivity contribution in [2.45, 2.75) is 47.0 Å². The van der Waals surface area contributed by atoms with E-state index in [2.05, 4.69) is 26.1 Å². The van der Waals surface area contributed by atoms with Gasteiger partial charge in [-0.2, -0.15) is 0 Å². The average molecular weight is 513 g/mol. The van der Waals surface area contributed by atoms with Crippen LogP contribution in [-0.4, -0.2) is 24.0 Å². The Labute approximate surface area is 221 Å². The van der Waals surface area contributed by atoms with Crippen LogP contribution in [0.5, 0.6) is 0 Å². The Hall–Kier alpha value is -3.51. The van der Waals surface area contributed by atoms with Gasteiger partial charge in [-0.05, 0) is 55.2 Å². The topological polar surface area (TPSA) is 68.3 Å². The van der Waals surface area contributed by atoms with Crippen LogP contribution in [0.25, 0.3) is 22.2 Å². The Balaban J connectivity index is 1.56. The number of pyridine rings is 1. The number of para-hydroxylation sites is 1. The summed E-state index contributed by atoms with van der Waals surface area (Å²) in [6.45, 7) is 8.83. The molecule has 5 rings (SSSR count). The molecule has 2 aromatic carbocycles. The second-order valence-electron chi connectivity index (χ2n) is 10.9. The van der Waals surface area contributed by atoms with Crippen LogP contribution in [0.4, 0.5) is 5.00 Å². The lowest BCUT2D eigenvalue weighted by Crippen LogP contribution is -2.26. The largest absolute Gasteiger partial charge is 0.465 e. The molecular weight excluding hydrogens is 480 g/mol. The molecular formula is C31H32N2O3S. The van der Waals surface area contributed by atoms with Crippen molar-refractivity contribution in [2.75, 3.05) is 12.4 Å². The number of rotatable bonds is 4. The lowest BCUT2D eigenvalue weighted by atomic mass is 9.72. The van der Waals surface area contributed by atoms with E-state index >= 15 is 0 Å². The van der Waals surface area contributed by atoms with Crippen molar-refractivity contribution in [2.24, 2.45) is 11.3 Å². The van der Waals surface area contributed by atoms with Gasteiger partial charge in [-0.25, -0.2) is 9.78 Å². The fraction of sp³-hybridized carbons (Fsp3) is 0.323. The predicted molar refractivity (Wildman–Crippen MR) is 150 cm³/mol. The number of fused-ring (bicyclic) bond motifs is 2. The highest BCUT2D eigenvalue weighted by Gasteiger charge is 2.34. The number of methoxy groups -OCH3 is 1. The van der Waals surface area contributed by atoms with E-state index in [1.165, 1.54) is 23.3 Å². The Morgan fingerprint density at radius 2 is 1.81 bits per heavy atom. The predicted octanol–water partition coefficient (Wildman–Crippen LogP) is 7.46. The Morgan fingerprint density at radius 1 is 1.08 bits per heavy atom. The second-order valence-corrected chi connectivity index (χ2v) is 12.0. The van der Waals surface area contributed by atoms with Gasteiger partial charge in [0.25, 0.3) is 5.91 Å². The number of aryl methyl sites for hydroxylation is 1. The smallest absolute Gasteiger partial charge is 0.341 e. The molecule has 0 spiro atoms. The maximum Gasteiger partial charge on any atom is 0.341 e. The summed E-state index contributed by atoms with van der Waals surface area (Å²) in [6.07, 6.45) is 2.72. The number of ether oxygens (including phenoxy) is 1. The molecule has 6 heteroatoms. The molecule has 0 saturated heterocycles. The number of carbonyl (C=O) groups is 2. The van der Waals surface area contributed by atoms with E-state index in [0.717, 1.165) is 52.5 Å². The van der Waals surface area contributed by atoms with Crippen LogP contribution in [0.2, 0.25) is 0 Å². The summed E-state index contributed by atoms with van der Waals surface area (Å²) >= 11 is 1.51. The van der Waals surface area contributed by atoms with Crippen LogP contribution in [0, 0.1) is 18.3 Å². The van der Waals surface area contributed by atoms with Crippen molar-refractivity contribution in [3.8, 4) is 11.3 Å². The summed E-state index contributed by atoms with van der Waals surface area (Å²) in [5.41, 5.74) is 5.81. The SMILES string of the molecule is COC(=O)c1c(NC(=O)c2cc(-c3ccc(C)cc3)nc3ccccc23)sc2c1CC[C@H](C(C)(C)C)C2. The van der Waals surface area contributed by atoms with Crippen molar-refractivity contribution in [3.05, 3.63) is 81.7 Å². The number of hydrogen-bond donors (Lipinski definition) is 1. The molecule has 37 heavy (non-hydrogen) atoms. The van der Waals surface area contributed by atoms with Gasteiger partial charge in [0.2, 0.25) is 0 Å². The Kier molecular flexibility index (Phi) is 6.63. The minimum Gasteiger partial charge on any atom is -0.465 e. The minimum absolute atomic E-state index is 0.179. The van der Waals surface area contributed by atoms with Crippen LogP contribution < -0.4 is 5.32 Å². The number of esters is 1. The molecule has 1 atom stereocenters. The maximum absolute atomic E-state index is 13.8. The van der Waals surface area contributed by atoms with Crippen molar-refractivity contribution in [3.63, 3.8) is 0 Å². The minimum atomic E-state index is -0.401. The summed E-state index contributed by atoms with van der Waals surface area (Å²) in [7, 11) is 1.39. The van der Waals surface area contributed by atoms with Crippen LogP contribution in [0.15, 0.2) is 54.6 Å². The number of nitrogens with zero attached hydrogens (tertiary/aromatic N) is 1. The van der Waals surface area contributed by atoms with E-state index < -0.39 is 5.97 Å². The standard InChI is InChI=1S/C31H32N2O3S/c1-18-10-12-19(13-11-18)25-17-23(21-8-6-7-9-24(21)32-25)28(34)33-29-27(30(35)36-5)22-15-14-20(31(2,3)4)16-26(22)37-29/h6-13,17,20H,14-16H2,1-5H3,(H,33,34)/t20-/m0/s1. The molecule has 1 amide bonds. The number of anilines is 1. The normalized spacial score (nSPS) is 15.3.